The van der Waals surface area contributed by atoms with E-state index in [1.165, 1.54) is 6.20 Å². The summed E-state index contributed by atoms with van der Waals surface area (Å²) in [5.41, 5.74) is 3.47. The maximum atomic E-state index is 12.8. The second kappa shape index (κ2) is 8.67. The Labute approximate surface area is 184 Å². The lowest BCUT2D eigenvalue weighted by Crippen LogP contribution is -2.33. The molecule has 156 valence electrons. The first-order valence-corrected chi connectivity index (χ1v) is 11.2. The van der Waals surface area contributed by atoms with E-state index in [9.17, 15) is 4.79 Å². The molecule has 0 amide bonds. The molecule has 1 aromatic carbocycles. The zero-order valence-electron chi connectivity index (χ0n) is 17.1. The summed E-state index contributed by atoms with van der Waals surface area (Å²) in [7, 11) is 3.89. The third-order valence-corrected chi connectivity index (χ3v) is 6.22. The van der Waals surface area contributed by atoms with Crippen LogP contribution < -0.4 is 16.2 Å². The molecule has 0 atom stereocenters. The van der Waals surface area contributed by atoms with Crippen LogP contribution in [-0.2, 0) is 20.0 Å². The fourth-order valence-corrected chi connectivity index (χ4v) is 4.26. The first-order chi connectivity index (χ1) is 14.5. The number of thioether (sulfide) groups is 1. The van der Waals surface area contributed by atoms with Crippen molar-refractivity contribution < 1.29 is 0 Å². The number of likely N-dealkylation sites (N-methyl/N-ethyl adjacent to an activating group) is 1. The predicted molar refractivity (Wildman–Crippen MR) is 124 cm³/mol. The van der Waals surface area contributed by atoms with Crippen molar-refractivity contribution in [2.24, 2.45) is 7.05 Å². The van der Waals surface area contributed by atoms with E-state index in [0.29, 0.717) is 22.5 Å². The van der Waals surface area contributed by atoms with Gasteiger partial charge in [-0.05, 0) is 37.1 Å². The van der Waals surface area contributed by atoms with Crippen LogP contribution in [0.4, 0.5) is 23.1 Å². The number of hydrogen-bond acceptors (Lipinski definition) is 7. The molecule has 0 spiro atoms. The SMILES string of the molecule is CSc1ccccc1Nc1nc(Nc2cc3c(n(C)c2=O)CCN(C)C3)ncc1Cl. The molecule has 0 fully saturated rings. The highest BCUT2D eigenvalue weighted by Crippen LogP contribution is 2.30. The summed E-state index contributed by atoms with van der Waals surface area (Å²) in [5.74, 6) is 0.787. The third-order valence-electron chi connectivity index (χ3n) is 5.15. The van der Waals surface area contributed by atoms with Gasteiger partial charge in [-0.25, -0.2) is 4.98 Å². The van der Waals surface area contributed by atoms with Crippen molar-refractivity contribution in [3.63, 3.8) is 0 Å². The van der Waals surface area contributed by atoms with Gasteiger partial charge in [-0.15, -0.1) is 11.8 Å². The number of rotatable bonds is 5. The van der Waals surface area contributed by atoms with Crippen LogP contribution in [0.25, 0.3) is 0 Å². The fourth-order valence-electron chi connectivity index (χ4n) is 3.57. The molecule has 7 nitrogen and oxygen atoms in total. The van der Waals surface area contributed by atoms with Gasteiger partial charge in [-0.2, -0.15) is 4.98 Å². The molecule has 0 saturated carbocycles. The fraction of sp³-hybridized carbons (Fsp3) is 0.286. The summed E-state index contributed by atoms with van der Waals surface area (Å²) in [6, 6.07) is 9.82. The highest BCUT2D eigenvalue weighted by molar-refractivity contribution is 7.98. The molecule has 30 heavy (non-hydrogen) atoms. The van der Waals surface area contributed by atoms with Crippen LogP contribution in [0.3, 0.4) is 0 Å². The van der Waals surface area contributed by atoms with Gasteiger partial charge in [0.05, 0.1) is 11.9 Å². The largest absolute Gasteiger partial charge is 0.338 e. The lowest BCUT2D eigenvalue weighted by atomic mass is 10.1. The van der Waals surface area contributed by atoms with Gasteiger partial charge in [0.1, 0.15) is 10.7 Å². The minimum Gasteiger partial charge on any atom is -0.338 e. The van der Waals surface area contributed by atoms with Crippen LogP contribution in [0.15, 0.2) is 46.2 Å². The summed E-state index contributed by atoms with van der Waals surface area (Å²) in [6.45, 7) is 1.75. The first-order valence-electron chi connectivity index (χ1n) is 9.56. The molecule has 2 aromatic heterocycles. The minimum absolute atomic E-state index is 0.0981. The number of nitrogens with zero attached hydrogens (tertiary/aromatic N) is 4. The van der Waals surface area contributed by atoms with Crippen LogP contribution in [0.1, 0.15) is 11.3 Å². The van der Waals surface area contributed by atoms with Crippen molar-refractivity contribution in [3.8, 4) is 0 Å². The summed E-state index contributed by atoms with van der Waals surface area (Å²) < 4.78 is 1.72. The van der Waals surface area contributed by atoms with Crippen LogP contribution >= 0.6 is 23.4 Å². The van der Waals surface area contributed by atoms with Gasteiger partial charge in [0.25, 0.3) is 5.56 Å². The number of hydrogen-bond donors (Lipinski definition) is 2. The maximum Gasteiger partial charge on any atom is 0.274 e. The average molecular weight is 443 g/mol. The lowest BCUT2D eigenvalue weighted by Gasteiger charge is -2.27. The van der Waals surface area contributed by atoms with E-state index >= 15 is 0 Å². The van der Waals surface area contributed by atoms with Gasteiger partial charge < -0.3 is 20.1 Å². The Hall–Kier alpha value is -2.55. The van der Waals surface area contributed by atoms with Crippen molar-refractivity contribution in [1.29, 1.82) is 0 Å². The van der Waals surface area contributed by atoms with Crippen LogP contribution in [-0.4, -0.2) is 39.3 Å². The van der Waals surface area contributed by atoms with Crippen LogP contribution in [0.5, 0.6) is 0 Å². The molecule has 2 N–H and O–H groups in total. The average Bonchev–Trinajstić information content (AvgIpc) is 2.74. The molecule has 3 aromatic rings. The Kier molecular flexibility index (Phi) is 5.99. The normalized spacial score (nSPS) is 13.7. The van der Waals surface area contributed by atoms with Gasteiger partial charge in [-0.1, -0.05) is 23.7 Å². The molecule has 1 aliphatic heterocycles. The highest BCUT2D eigenvalue weighted by atomic mass is 35.5. The zero-order valence-corrected chi connectivity index (χ0v) is 18.6. The Morgan fingerprint density at radius 1 is 1.17 bits per heavy atom. The van der Waals surface area contributed by atoms with Gasteiger partial charge in [0, 0.05) is 37.1 Å². The molecule has 0 bridgehead atoms. The Morgan fingerprint density at radius 3 is 2.77 bits per heavy atom. The Morgan fingerprint density at radius 2 is 1.97 bits per heavy atom. The van der Waals surface area contributed by atoms with Crippen molar-refractivity contribution in [2.45, 2.75) is 17.9 Å². The number of pyridine rings is 1. The monoisotopic (exact) mass is 442 g/mol. The molecule has 0 unspecified atom stereocenters. The minimum atomic E-state index is -0.0981. The highest BCUT2D eigenvalue weighted by Gasteiger charge is 2.19. The number of nitrogens with one attached hydrogen (secondary N) is 2. The van der Waals surface area contributed by atoms with Crippen LogP contribution in [0, 0.1) is 0 Å². The van der Waals surface area contributed by atoms with E-state index in [0.717, 1.165) is 41.4 Å². The quantitative estimate of drug-likeness (QED) is 0.578. The number of aromatic nitrogens is 3. The Balaban J connectivity index is 1.65. The molecule has 0 radical (unpaired) electrons. The number of benzene rings is 1. The third kappa shape index (κ3) is 4.16. The summed E-state index contributed by atoms with van der Waals surface area (Å²) in [4.78, 5) is 24.9. The van der Waals surface area contributed by atoms with E-state index < -0.39 is 0 Å². The number of halogens is 1. The second-order valence-electron chi connectivity index (χ2n) is 7.22. The molecule has 1 aliphatic rings. The van der Waals surface area contributed by atoms with E-state index in [-0.39, 0.29) is 5.56 Å². The van der Waals surface area contributed by atoms with Crippen LogP contribution in [0.2, 0.25) is 5.02 Å². The van der Waals surface area contributed by atoms with Gasteiger partial charge in [0.15, 0.2) is 5.82 Å². The predicted octanol–water partition coefficient (Wildman–Crippen LogP) is 4.03. The molecule has 0 saturated heterocycles. The van der Waals surface area contributed by atoms with Crippen molar-refractivity contribution in [3.05, 3.63) is 63.2 Å². The standard InChI is InChI=1S/C21H23ClN6OS/c1-27-9-8-17-13(12-27)10-16(20(29)28(17)2)25-21-23-11-14(22)19(26-21)24-15-6-4-5-7-18(15)30-3/h4-7,10-11H,8-9,12H2,1-3H3,(H2,23,24,25,26). The molecule has 9 heteroatoms. The molecule has 0 aliphatic carbocycles. The summed E-state index contributed by atoms with van der Waals surface area (Å²) in [6.07, 6.45) is 4.40. The maximum absolute atomic E-state index is 12.8. The molecular weight excluding hydrogens is 420 g/mol. The topological polar surface area (TPSA) is 75.1 Å². The first kappa shape index (κ1) is 20.7. The molecule has 3 heterocycles. The van der Waals surface area contributed by atoms with Gasteiger partial charge in [-0.3, -0.25) is 4.79 Å². The molecular formula is C21H23ClN6OS. The van der Waals surface area contributed by atoms with E-state index in [1.807, 2.05) is 43.6 Å². The van der Waals surface area contributed by atoms with Crippen molar-refractivity contribution in [1.82, 2.24) is 19.4 Å². The van der Waals surface area contributed by atoms with E-state index in [4.69, 9.17) is 11.6 Å². The summed E-state index contributed by atoms with van der Waals surface area (Å²) in [5, 5.41) is 6.75. The van der Waals surface area contributed by atoms with Crippen molar-refractivity contribution in [2.75, 3.05) is 30.5 Å². The number of para-hydroxylation sites is 1. The zero-order chi connectivity index (χ0) is 21.3. The van der Waals surface area contributed by atoms with Gasteiger partial charge >= 0.3 is 0 Å². The van der Waals surface area contributed by atoms with Crippen molar-refractivity contribution >= 4 is 46.5 Å². The number of anilines is 4. The summed E-state index contributed by atoms with van der Waals surface area (Å²) >= 11 is 7.95. The van der Waals surface area contributed by atoms with E-state index in [2.05, 4.69) is 32.5 Å². The lowest BCUT2D eigenvalue weighted by molar-refractivity contribution is 0.306. The molecule has 4 rings (SSSR count). The van der Waals surface area contributed by atoms with E-state index in [1.54, 1.807) is 16.3 Å². The Bertz CT molecular complexity index is 1150. The smallest absolute Gasteiger partial charge is 0.274 e. The van der Waals surface area contributed by atoms with Gasteiger partial charge in [0.2, 0.25) is 5.95 Å². The number of fused-ring (bicyclic) bond motifs is 1. The second-order valence-corrected chi connectivity index (χ2v) is 8.48.